The topological polar surface area (TPSA) is 122 Å². The van der Waals surface area contributed by atoms with Gasteiger partial charge >= 0.3 is 22.3 Å². The molecule has 0 rings (SSSR count). The molecule has 112 valence electrons. The van der Waals surface area contributed by atoms with Crippen LogP contribution in [0.25, 0.3) is 0 Å². The summed E-state index contributed by atoms with van der Waals surface area (Å²) < 4.78 is 31.6. The number of hydrogen-bond donors (Lipinski definition) is 3. The number of aliphatic carboxylic acids is 1. The van der Waals surface area contributed by atoms with Crippen molar-refractivity contribution in [3.8, 4) is 0 Å². The van der Waals surface area contributed by atoms with E-state index < -0.39 is 34.4 Å². The average molecular weight is 296 g/mol. The molecule has 9 heteroatoms. The first-order valence-corrected chi connectivity index (χ1v) is 7.24. The van der Waals surface area contributed by atoms with Crippen molar-refractivity contribution in [3.05, 3.63) is 0 Å². The van der Waals surface area contributed by atoms with Crippen LogP contribution in [-0.2, 0) is 19.7 Å². The molecule has 0 heterocycles. The third kappa shape index (κ3) is 8.38. The van der Waals surface area contributed by atoms with E-state index in [0.29, 0.717) is 0 Å². The first kappa shape index (κ1) is 17.6. The lowest BCUT2D eigenvalue weighted by atomic mass is 10.0. The molecule has 0 bridgehead atoms. The fourth-order valence-electron chi connectivity index (χ4n) is 1.18. The lowest BCUT2D eigenvalue weighted by Crippen LogP contribution is -2.48. The molecule has 1 unspecified atom stereocenters. The van der Waals surface area contributed by atoms with Crippen LogP contribution in [0.15, 0.2) is 0 Å². The minimum absolute atomic E-state index is 0.242. The summed E-state index contributed by atoms with van der Waals surface area (Å²) in [5.74, 6) is -1.38. The predicted octanol–water partition coefficient (Wildman–Crippen LogP) is 0.455. The largest absolute Gasteiger partial charge is 0.481 e. The standard InChI is InChI=1S/C10H20N2O6S/c1-6(2)8(5-9(13)14)11-19(16,17)12-10(15)18-7(3)4/h6-8,11H,5H2,1-4H3,(H,12,15)(H,13,14). The summed E-state index contributed by atoms with van der Waals surface area (Å²) in [6, 6.07) is -0.818. The third-order valence-electron chi connectivity index (χ3n) is 2.07. The Labute approximate surface area is 112 Å². The highest BCUT2D eigenvalue weighted by Gasteiger charge is 2.25. The van der Waals surface area contributed by atoms with Crippen molar-refractivity contribution in [1.29, 1.82) is 0 Å². The number of carbonyl (C=O) groups excluding carboxylic acids is 1. The molecule has 0 aromatic heterocycles. The Morgan fingerprint density at radius 1 is 1.21 bits per heavy atom. The normalized spacial score (nSPS) is 13.4. The van der Waals surface area contributed by atoms with Crippen LogP contribution in [0.1, 0.15) is 34.1 Å². The van der Waals surface area contributed by atoms with E-state index in [1.807, 2.05) is 0 Å². The zero-order valence-electron chi connectivity index (χ0n) is 11.3. The van der Waals surface area contributed by atoms with Crippen molar-refractivity contribution < 1.29 is 27.9 Å². The Morgan fingerprint density at radius 2 is 1.74 bits per heavy atom. The molecular formula is C10H20N2O6S. The average Bonchev–Trinajstić information content (AvgIpc) is 2.11. The van der Waals surface area contributed by atoms with Crippen LogP contribution in [0.2, 0.25) is 0 Å². The number of carboxylic acids is 1. The van der Waals surface area contributed by atoms with E-state index in [2.05, 4.69) is 9.46 Å². The van der Waals surface area contributed by atoms with Crippen molar-refractivity contribution in [2.24, 2.45) is 5.92 Å². The van der Waals surface area contributed by atoms with Crippen LogP contribution >= 0.6 is 0 Å². The highest BCUT2D eigenvalue weighted by Crippen LogP contribution is 2.07. The molecule has 1 amide bonds. The van der Waals surface area contributed by atoms with Crippen LogP contribution in [0.3, 0.4) is 0 Å². The molecule has 0 aromatic carbocycles. The van der Waals surface area contributed by atoms with Gasteiger partial charge in [0.15, 0.2) is 0 Å². The molecule has 0 saturated carbocycles. The molecule has 3 N–H and O–H groups in total. The summed E-state index contributed by atoms with van der Waals surface area (Å²) in [6.07, 6.45) is -1.95. The molecule has 0 radical (unpaired) electrons. The third-order valence-corrected chi connectivity index (χ3v) is 3.11. The molecular weight excluding hydrogens is 276 g/mol. The Hall–Kier alpha value is -1.35. The molecule has 0 aromatic rings. The number of hydrogen-bond acceptors (Lipinski definition) is 5. The summed E-state index contributed by atoms with van der Waals surface area (Å²) in [7, 11) is -4.15. The van der Waals surface area contributed by atoms with Crippen molar-refractivity contribution in [2.75, 3.05) is 0 Å². The molecule has 1 atom stereocenters. The van der Waals surface area contributed by atoms with Gasteiger partial charge in [0.05, 0.1) is 12.5 Å². The Morgan fingerprint density at radius 3 is 2.11 bits per heavy atom. The van der Waals surface area contributed by atoms with E-state index >= 15 is 0 Å². The van der Waals surface area contributed by atoms with Crippen LogP contribution in [0, 0.1) is 5.92 Å². The van der Waals surface area contributed by atoms with E-state index in [1.165, 1.54) is 0 Å². The molecule has 0 aliphatic carbocycles. The number of ether oxygens (including phenoxy) is 1. The van der Waals surface area contributed by atoms with Crippen LogP contribution in [0.5, 0.6) is 0 Å². The van der Waals surface area contributed by atoms with Gasteiger partial charge < -0.3 is 9.84 Å². The number of nitrogens with one attached hydrogen (secondary N) is 2. The highest BCUT2D eigenvalue weighted by molar-refractivity contribution is 7.88. The van der Waals surface area contributed by atoms with E-state index in [0.717, 1.165) is 0 Å². The lowest BCUT2D eigenvalue weighted by Gasteiger charge is -2.20. The summed E-state index contributed by atoms with van der Waals surface area (Å²) in [6.45, 7) is 6.48. The van der Waals surface area contributed by atoms with Gasteiger partial charge in [0.2, 0.25) is 0 Å². The second-order valence-electron chi connectivity index (χ2n) is 4.63. The molecule has 0 saturated heterocycles. The van der Waals surface area contributed by atoms with Gasteiger partial charge in [-0.25, -0.2) is 9.52 Å². The molecule has 0 spiro atoms. The second-order valence-corrected chi connectivity index (χ2v) is 6.07. The maximum Gasteiger partial charge on any atom is 0.422 e. The second kappa shape index (κ2) is 7.29. The fourth-order valence-corrected chi connectivity index (χ4v) is 2.26. The maximum atomic E-state index is 11.6. The summed E-state index contributed by atoms with van der Waals surface area (Å²) in [5.41, 5.74) is 0. The van der Waals surface area contributed by atoms with Gasteiger partial charge in [-0.2, -0.15) is 13.1 Å². The van der Waals surface area contributed by atoms with Gasteiger partial charge in [0.25, 0.3) is 0 Å². The number of amides is 1. The van der Waals surface area contributed by atoms with Crippen molar-refractivity contribution >= 4 is 22.3 Å². The molecule has 19 heavy (non-hydrogen) atoms. The summed E-state index contributed by atoms with van der Waals surface area (Å²) >= 11 is 0. The molecule has 0 aliphatic heterocycles. The number of carboxylic acid groups (broad SMARTS) is 1. The zero-order chi connectivity index (χ0) is 15.2. The van der Waals surface area contributed by atoms with E-state index in [1.54, 1.807) is 32.4 Å². The number of rotatable bonds is 7. The quantitative estimate of drug-likeness (QED) is 0.627. The SMILES string of the molecule is CC(C)OC(=O)NS(=O)(=O)NC(CC(=O)O)C(C)C. The predicted molar refractivity (Wildman–Crippen MR) is 67.7 cm³/mol. The Bertz CT molecular complexity index is 418. The Kier molecular flexibility index (Phi) is 6.77. The van der Waals surface area contributed by atoms with Crippen LogP contribution in [-0.4, -0.2) is 37.7 Å². The van der Waals surface area contributed by atoms with Gasteiger partial charge in [0.1, 0.15) is 0 Å². The van der Waals surface area contributed by atoms with E-state index in [-0.39, 0.29) is 12.3 Å². The molecule has 0 aliphatic rings. The van der Waals surface area contributed by atoms with Crippen molar-refractivity contribution in [2.45, 2.75) is 46.3 Å². The first-order valence-electron chi connectivity index (χ1n) is 5.76. The number of carbonyl (C=O) groups is 2. The minimum atomic E-state index is -4.15. The first-order chi connectivity index (χ1) is 8.53. The van der Waals surface area contributed by atoms with Gasteiger partial charge in [-0.05, 0) is 19.8 Å². The van der Waals surface area contributed by atoms with Crippen LogP contribution < -0.4 is 9.44 Å². The zero-order valence-corrected chi connectivity index (χ0v) is 12.2. The van der Waals surface area contributed by atoms with E-state index in [9.17, 15) is 18.0 Å². The van der Waals surface area contributed by atoms with E-state index in [4.69, 9.17) is 5.11 Å². The van der Waals surface area contributed by atoms with Crippen LogP contribution in [0.4, 0.5) is 4.79 Å². The fraction of sp³-hybridized carbons (Fsp3) is 0.800. The molecule has 0 fully saturated rings. The smallest absolute Gasteiger partial charge is 0.422 e. The van der Waals surface area contributed by atoms with Gasteiger partial charge in [-0.3, -0.25) is 4.79 Å². The van der Waals surface area contributed by atoms with Gasteiger partial charge in [0, 0.05) is 6.04 Å². The van der Waals surface area contributed by atoms with Crippen molar-refractivity contribution in [1.82, 2.24) is 9.44 Å². The van der Waals surface area contributed by atoms with Gasteiger partial charge in [-0.1, -0.05) is 13.8 Å². The van der Waals surface area contributed by atoms with Gasteiger partial charge in [-0.15, -0.1) is 0 Å². The Balaban J connectivity index is 4.64. The lowest BCUT2D eigenvalue weighted by molar-refractivity contribution is -0.137. The summed E-state index contributed by atoms with van der Waals surface area (Å²) in [5, 5.41) is 8.68. The van der Waals surface area contributed by atoms with Crippen molar-refractivity contribution in [3.63, 3.8) is 0 Å². The highest BCUT2D eigenvalue weighted by atomic mass is 32.2. The monoisotopic (exact) mass is 296 g/mol. The maximum absolute atomic E-state index is 11.6. The minimum Gasteiger partial charge on any atom is -0.481 e. The summed E-state index contributed by atoms with van der Waals surface area (Å²) in [4.78, 5) is 21.8. The molecule has 8 nitrogen and oxygen atoms in total.